The van der Waals surface area contributed by atoms with Gasteiger partial charge in [0.1, 0.15) is 4.75 Å². The summed E-state index contributed by atoms with van der Waals surface area (Å²) in [5.41, 5.74) is 1.10. The maximum Gasteiger partial charge on any atom is 0.125 e. The van der Waals surface area contributed by atoms with Gasteiger partial charge < -0.3 is 0 Å². The van der Waals surface area contributed by atoms with E-state index in [4.69, 9.17) is 0 Å². The van der Waals surface area contributed by atoms with E-state index in [1.54, 1.807) is 11.8 Å². The lowest BCUT2D eigenvalue weighted by molar-refractivity contribution is 0.890. The summed E-state index contributed by atoms with van der Waals surface area (Å²) >= 11 is 1.72. The van der Waals surface area contributed by atoms with E-state index >= 15 is 0 Å². The van der Waals surface area contributed by atoms with Crippen LogP contribution >= 0.6 is 11.8 Å². The quantitative estimate of drug-likeness (QED) is 0.750. The summed E-state index contributed by atoms with van der Waals surface area (Å²) in [5, 5.41) is 9.19. The van der Waals surface area contributed by atoms with E-state index in [2.05, 4.69) is 13.0 Å². The normalized spacial score (nSPS) is 14.4. The minimum Gasteiger partial charge on any atom is -0.196 e. The van der Waals surface area contributed by atoms with Crippen LogP contribution in [0.15, 0.2) is 30.3 Å². The van der Waals surface area contributed by atoms with Crippen molar-refractivity contribution in [3.63, 3.8) is 0 Å². The summed E-state index contributed by atoms with van der Waals surface area (Å²) in [6.07, 6.45) is 1.11. The van der Waals surface area contributed by atoms with Gasteiger partial charge >= 0.3 is 0 Å². The third-order valence-electron chi connectivity index (χ3n) is 2.13. The second-order valence-electron chi connectivity index (χ2n) is 3.36. The lowest BCUT2D eigenvalue weighted by Gasteiger charge is -2.20. The molecule has 0 amide bonds. The molecule has 0 saturated carbocycles. The van der Waals surface area contributed by atoms with Crippen LogP contribution in [0.4, 0.5) is 0 Å². The number of benzene rings is 1. The highest BCUT2D eigenvalue weighted by atomic mass is 32.2. The summed E-state index contributed by atoms with van der Waals surface area (Å²) in [6, 6.07) is 12.4. The number of thioether (sulfide) groups is 1. The van der Waals surface area contributed by atoms with Crippen LogP contribution in [0.3, 0.4) is 0 Å². The van der Waals surface area contributed by atoms with Crippen molar-refractivity contribution in [3.05, 3.63) is 35.9 Å². The second-order valence-corrected chi connectivity index (χ2v) is 4.87. The molecule has 0 aliphatic rings. The largest absolute Gasteiger partial charge is 0.196 e. The molecular weight excluding hydrogens is 190 g/mol. The zero-order valence-corrected chi connectivity index (χ0v) is 9.47. The van der Waals surface area contributed by atoms with Crippen LogP contribution in [0, 0.1) is 11.3 Å². The predicted octanol–water partition coefficient (Wildman–Crippen LogP) is 3.57. The third-order valence-corrected chi connectivity index (χ3v) is 3.65. The molecule has 0 saturated heterocycles. The fourth-order valence-electron chi connectivity index (χ4n) is 1.24. The monoisotopic (exact) mass is 205 g/mol. The summed E-state index contributed by atoms with van der Waals surface area (Å²) in [7, 11) is 0. The minimum absolute atomic E-state index is 0.392. The van der Waals surface area contributed by atoms with Gasteiger partial charge in [0.2, 0.25) is 0 Å². The highest BCUT2D eigenvalue weighted by Gasteiger charge is 2.25. The van der Waals surface area contributed by atoms with Gasteiger partial charge in [0, 0.05) is 0 Å². The van der Waals surface area contributed by atoms with E-state index in [0.29, 0.717) is 0 Å². The Morgan fingerprint density at radius 1 is 1.36 bits per heavy atom. The molecule has 1 rings (SSSR count). The van der Waals surface area contributed by atoms with Crippen molar-refractivity contribution in [2.45, 2.75) is 25.0 Å². The molecule has 1 aromatic carbocycles. The average Bonchev–Trinajstić information content (AvgIpc) is 2.27. The molecule has 1 nitrogen and oxygen atoms in total. The van der Waals surface area contributed by atoms with Crippen LogP contribution in [-0.4, -0.2) is 5.75 Å². The van der Waals surface area contributed by atoms with Gasteiger partial charge in [-0.3, -0.25) is 0 Å². The van der Waals surface area contributed by atoms with Crippen LogP contribution in [0.1, 0.15) is 25.8 Å². The van der Waals surface area contributed by atoms with Gasteiger partial charge in [-0.15, -0.1) is 11.8 Å². The van der Waals surface area contributed by atoms with E-state index in [1.807, 2.05) is 37.3 Å². The summed E-state index contributed by atoms with van der Waals surface area (Å²) in [4.78, 5) is 0. The highest BCUT2D eigenvalue weighted by molar-refractivity contribution is 8.00. The van der Waals surface area contributed by atoms with E-state index in [-0.39, 0.29) is 0 Å². The summed E-state index contributed by atoms with van der Waals surface area (Å²) in [6.45, 7) is 4.12. The Hall–Kier alpha value is -0.940. The van der Waals surface area contributed by atoms with Crippen molar-refractivity contribution in [2.24, 2.45) is 0 Å². The first-order chi connectivity index (χ1) is 6.73. The van der Waals surface area contributed by atoms with Crippen molar-refractivity contribution in [3.8, 4) is 6.07 Å². The molecule has 0 fully saturated rings. The summed E-state index contributed by atoms with van der Waals surface area (Å²) in [5.74, 6) is 1.03. The molecule has 0 heterocycles. The Morgan fingerprint density at radius 3 is 2.50 bits per heavy atom. The molecule has 0 spiro atoms. The van der Waals surface area contributed by atoms with Crippen LogP contribution < -0.4 is 0 Å². The van der Waals surface area contributed by atoms with Gasteiger partial charge in [0.25, 0.3) is 0 Å². The summed E-state index contributed by atoms with van der Waals surface area (Å²) < 4.78 is -0.392. The van der Waals surface area contributed by atoms with Crippen molar-refractivity contribution < 1.29 is 0 Å². The molecule has 0 aromatic heterocycles. The predicted molar refractivity (Wildman–Crippen MR) is 62.2 cm³/mol. The molecule has 1 aromatic rings. The fraction of sp³-hybridized carbons (Fsp3) is 0.417. The third kappa shape index (κ3) is 2.52. The number of nitriles is 1. The molecule has 0 N–H and O–H groups in total. The Labute approximate surface area is 90.1 Å². The molecule has 0 bridgehead atoms. The van der Waals surface area contributed by atoms with Gasteiger partial charge in [-0.2, -0.15) is 5.26 Å². The zero-order valence-electron chi connectivity index (χ0n) is 8.66. The van der Waals surface area contributed by atoms with Gasteiger partial charge in [0.05, 0.1) is 6.07 Å². The lowest BCUT2D eigenvalue weighted by atomic mass is 10.0. The fourth-order valence-corrected chi connectivity index (χ4v) is 2.22. The molecule has 2 heteroatoms. The van der Waals surface area contributed by atoms with Gasteiger partial charge in [0.15, 0.2) is 0 Å². The maximum absolute atomic E-state index is 9.19. The molecule has 1 atom stereocenters. The molecular formula is C12H15NS. The number of rotatable bonds is 4. The molecule has 0 radical (unpaired) electrons. The Kier molecular flexibility index (Phi) is 4.03. The van der Waals surface area contributed by atoms with E-state index in [0.717, 1.165) is 17.7 Å². The van der Waals surface area contributed by atoms with Gasteiger partial charge in [-0.05, 0) is 24.7 Å². The van der Waals surface area contributed by atoms with Crippen molar-refractivity contribution >= 4 is 11.8 Å². The Bertz CT molecular complexity index is 315. The highest BCUT2D eigenvalue weighted by Crippen LogP contribution is 2.35. The van der Waals surface area contributed by atoms with E-state index in [1.165, 1.54) is 0 Å². The van der Waals surface area contributed by atoms with E-state index < -0.39 is 4.75 Å². The van der Waals surface area contributed by atoms with Crippen LogP contribution in [-0.2, 0) is 4.75 Å². The topological polar surface area (TPSA) is 23.8 Å². The number of nitrogens with zero attached hydrogens (tertiary/aromatic N) is 1. The standard InChI is InChI=1S/C12H15NS/c1-3-9-14-12(2,10-13)11-7-5-4-6-8-11/h4-8H,3,9H2,1-2H3. The Morgan fingerprint density at radius 2 is 2.00 bits per heavy atom. The second kappa shape index (κ2) is 5.07. The molecule has 0 aliphatic carbocycles. The van der Waals surface area contributed by atoms with Gasteiger partial charge in [-0.1, -0.05) is 37.3 Å². The molecule has 14 heavy (non-hydrogen) atoms. The van der Waals surface area contributed by atoms with Crippen molar-refractivity contribution in [1.29, 1.82) is 5.26 Å². The zero-order chi connectivity index (χ0) is 10.4. The smallest absolute Gasteiger partial charge is 0.125 e. The van der Waals surface area contributed by atoms with Crippen molar-refractivity contribution in [2.75, 3.05) is 5.75 Å². The number of hydrogen-bond acceptors (Lipinski definition) is 2. The SMILES string of the molecule is CCCSC(C)(C#N)c1ccccc1. The first-order valence-electron chi connectivity index (χ1n) is 4.83. The molecule has 0 aliphatic heterocycles. The van der Waals surface area contributed by atoms with Crippen molar-refractivity contribution in [1.82, 2.24) is 0 Å². The number of hydrogen-bond donors (Lipinski definition) is 0. The first kappa shape index (κ1) is 11.1. The van der Waals surface area contributed by atoms with Crippen LogP contribution in [0.5, 0.6) is 0 Å². The average molecular weight is 205 g/mol. The van der Waals surface area contributed by atoms with E-state index in [9.17, 15) is 5.26 Å². The molecule has 1 unspecified atom stereocenters. The van der Waals surface area contributed by atoms with Gasteiger partial charge in [-0.25, -0.2) is 0 Å². The van der Waals surface area contributed by atoms with Crippen LogP contribution in [0.2, 0.25) is 0 Å². The molecule has 74 valence electrons. The van der Waals surface area contributed by atoms with Crippen LogP contribution in [0.25, 0.3) is 0 Å². The minimum atomic E-state index is -0.392. The maximum atomic E-state index is 9.19. The Balaban J connectivity index is 2.86. The lowest BCUT2D eigenvalue weighted by Crippen LogP contribution is -2.14. The first-order valence-corrected chi connectivity index (χ1v) is 5.82.